The van der Waals surface area contributed by atoms with Gasteiger partial charge in [-0.2, -0.15) is 26.3 Å². The van der Waals surface area contributed by atoms with Crippen LogP contribution in [0.1, 0.15) is 11.1 Å². The molecule has 8 heteroatoms. The van der Waals surface area contributed by atoms with Crippen molar-refractivity contribution in [1.29, 1.82) is 0 Å². The van der Waals surface area contributed by atoms with E-state index in [0.29, 0.717) is 12.1 Å². The van der Waals surface area contributed by atoms with Crippen LogP contribution in [0.4, 0.5) is 26.3 Å². The molecule has 0 atom stereocenters. The number of rotatable bonds is 0. The lowest BCUT2D eigenvalue weighted by Crippen LogP contribution is -2.16. The first-order valence-electron chi connectivity index (χ1n) is 4.10. The zero-order valence-electron chi connectivity index (χ0n) is 8.52. The number of aliphatic hydroxyl groups is 1. The average Bonchev–Trinajstić information content (AvgIpc) is 2.17. The minimum absolute atomic E-state index is 0.0242. The van der Waals surface area contributed by atoms with Crippen LogP contribution >= 0.6 is 0 Å². The fourth-order valence-electron chi connectivity index (χ4n) is 0.979. The van der Waals surface area contributed by atoms with Crippen molar-refractivity contribution in [1.82, 2.24) is 0 Å². The predicted octanol–water partition coefficient (Wildman–Crippen LogP) is 2.13. The second kappa shape index (κ2) is 5.44. The maximum absolute atomic E-state index is 12.1. The molecule has 0 spiro atoms. The van der Waals surface area contributed by atoms with Gasteiger partial charge in [0.2, 0.25) is 0 Å². The number of hydrogen-bond donors (Lipinski definition) is 1. The van der Waals surface area contributed by atoms with Gasteiger partial charge in [0, 0.05) is 7.11 Å². The summed E-state index contributed by atoms with van der Waals surface area (Å²) in [5.74, 6) is 0. The van der Waals surface area contributed by atoms with E-state index >= 15 is 0 Å². The molecule has 0 unspecified atom stereocenters. The van der Waals surface area contributed by atoms with Gasteiger partial charge in [-0.15, -0.1) is 0 Å². The zero-order valence-corrected chi connectivity index (χ0v) is 8.52. The van der Waals surface area contributed by atoms with E-state index < -0.39 is 28.9 Å². The number of benzene rings is 1. The first-order valence-corrected chi connectivity index (χ1v) is 4.10. The monoisotopic (exact) mass is 256 g/mol. The van der Waals surface area contributed by atoms with Crippen LogP contribution in [0.3, 0.4) is 0 Å². The second-order valence-corrected chi connectivity index (χ2v) is 2.84. The third kappa shape index (κ3) is 4.68. The normalized spacial score (nSPS) is 11.8. The molecule has 0 saturated carbocycles. The summed E-state index contributed by atoms with van der Waals surface area (Å²) < 4.78 is 72.7. The van der Waals surface area contributed by atoms with E-state index in [4.69, 9.17) is 13.0 Å². The topological polar surface area (TPSA) is 20.2 Å². The fraction of sp³-hybridized carbons (Fsp3) is 0.333. The highest BCUT2D eigenvalue weighted by molar-refractivity contribution is 6.32. The molecule has 0 aliphatic rings. The summed E-state index contributed by atoms with van der Waals surface area (Å²) in [6.07, 6.45) is -9.68. The van der Waals surface area contributed by atoms with Crippen LogP contribution in [0.15, 0.2) is 18.2 Å². The Morgan fingerprint density at radius 1 is 0.824 bits per heavy atom. The molecule has 1 nitrogen and oxygen atoms in total. The molecule has 94 valence electrons. The third-order valence-corrected chi connectivity index (χ3v) is 1.61. The van der Waals surface area contributed by atoms with Gasteiger partial charge in [0.05, 0.1) is 11.1 Å². The van der Waals surface area contributed by atoms with Crippen molar-refractivity contribution in [2.24, 2.45) is 0 Å². The minimum atomic E-state index is -4.84. The Balaban J connectivity index is 0.00000121. The molecule has 0 aromatic heterocycles. The first kappa shape index (κ1) is 15.8. The second-order valence-electron chi connectivity index (χ2n) is 2.84. The lowest BCUT2D eigenvalue weighted by Gasteiger charge is -2.12. The van der Waals surface area contributed by atoms with Gasteiger partial charge >= 0.3 is 12.4 Å². The van der Waals surface area contributed by atoms with Gasteiger partial charge in [-0.3, -0.25) is 0 Å². The number of alkyl halides is 6. The highest BCUT2D eigenvalue weighted by atomic mass is 19.4. The van der Waals surface area contributed by atoms with Crippen LogP contribution in [0.5, 0.6) is 0 Å². The maximum Gasteiger partial charge on any atom is 0.416 e. The molecule has 17 heavy (non-hydrogen) atoms. The Bertz CT molecular complexity index is 338. The summed E-state index contributed by atoms with van der Waals surface area (Å²) in [6.45, 7) is 0. The molecular weight excluding hydrogens is 249 g/mol. The van der Waals surface area contributed by atoms with E-state index in [1.807, 2.05) is 0 Å². The van der Waals surface area contributed by atoms with Crippen LogP contribution in [0.25, 0.3) is 0 Å². The van der Waals surface area contributed by atoms with Crippen LogP contribution < -0.4 is 5.46 Å². The van der Waals surface area contributed by atoms with Crippen molar-refractivity contribution in [3.05, 3.63) is 29.3 Å². The molecule has 0 saturated heterocycles. The van der Waals surface area contributed by atoms with Crippen molar-refractivity contribution in [3.8, 4) is 0 Å². The molecule has 0 aliphatic heterocycles. The Labute approximate surface area is 94.5 Å². The Hall–Kier alpha value is -1.18. The van der Waals surface area contributed by atoms with Crippen LogP contribution in [0, 0.1) is 0 Å². The molecule has 1 N–H and O–H groups in total. The fourth-order valence-corrected chi connectivity index (χ4v) is 0.979. The SMILES string of the molecule is CO.[B]c1cc(C(F)(F)F)cc(C(F)(F)F)c1. The van der Waals surface area contributed by atoms with Crippen molar-refractivity contribution < 1.29 is 31.4 Å². The van der Waals surface area contributed by atoms with Gasteiger partial charge in [-0.25, -0.2) is 0 Å². The van der Waals surface area contributed by atoms with Gasteiger partial charge in [0.25, 0.3) is 0 Å². The van der Waals surface area contributed by atoms with E-state index in [0.717, 1.165) is 7.11 Å². The number of halogens is 6. The average molecular weight is 256 g/mol. The molecule has 1 aromatic carbocycles. The maximum atomic E-state index is 12.1. The van der Waals surface area contributed by atoms with E-state index in [2.05, 4.69) is 0 Å². The third-order valence-electron chi connectivity index (χ3n) is 1.61. The van der Waals surface area contributed by atoms with Gasteiger partial charge < -0.3 is 5.11 Å². The van der Waals surface area contributed by atoms with E-state index in [1.54, 1.807) is 0 Å². The summed E-state index contributed by atoms with van der Waals surface area (Å²) in [7, 11) is 5.95. The van der Waals surface area contributed by atoms with Crippen molar-refractivity contribution >= 4 is 13.3 Å². The summed E-state index contributed by atoms with van der Waals surface area (Å²) in [6, 6.07) is 0.931. The largest absolute Gasteiger partial charge is 0.416 e. The van der Waals surface area contributed by atoms with Crippen molar-refractivity contribution in [3.63, 3.8) is 0 Å². The standard InChI is InChI=1S/C8H3BF6.CH4O/c9-6-2-4(7(10,11)12)1-5(3-6)8(13,14)15;1-2/h1-3H;2H,1H3. The van der Waals surface area contributed by atoms with E-state index in [-0.39, 0.29) is 6.07 Å². The summed E-state index contributed by atoms with van der Waals surface area (Å²) >= 11 is 0. The van der Waals surface area contributed by atoms with Crippen molar-refractivity contribution in [2.75, 3.05) is 7.11 Å². The van der Waals surface area contributed by atoms with Gasteiger partial charge in [-0.1, -0.05) is 17.6 Å². The molecule has 0 bridgehead atoms. The Kier molecular flexibility index (Phi) is 5.06. The van der Waals surface area contributed by atoms with Crippen molar-refractivity contribution in [2.45, 2.75) is 12.4 Å². The van der Waals surface area contributed by atoms with E-state index in [1.165, 1.54) is 0 Å². The molecule has 0 fully saturated rings. The lowest BCUT2D eigenvalue weighted by atomic mass is 9.91. The highest BCUT2D eigenvalue weighted by Crippen LogP contribution is 2.34. The van der Waals surface area contributed by atoms with Crippen LogP contribution in [-0.2, 0) is 12.4 Å². The molecule has 2 radical (unpaired) electrons. The Morgan fingerprint density at radius 3 is 1.35 bits per heavy atom. The Morgan fingerprint density at radius 2 is 1.12 bits per heavy atom. The summed E-state index contributed by atoms with van der Waals surface area (Å²) in [5, 5.41) is 7.00. The van der Waals surface area contributed by atoms with Gasteiger partial charge in [-0.05, 0) is 6.07 Å². The summed E-state index contributed by atoms with van der Waals surface area (Å²) in [4.78, 5) is 0. The van der Waals surface area contributed by atoms with Crippen LogP contribution in [-0.4, -0.2) is 20.1 Å². The molecular formula is C9H7BF6O. The zero-order chi connectivity index (χ0) is 13.9. The molecule has 0 heterocycles. The van der Waals surface area contributed by atoms with Crippen LogP contribution in [0.2, 0.25) is 0 Å². The predicted molar refractivity (Wildman–Crippen MR) is 50.0 cm³/mol. The molecule has 1 rings (SSSR count). The highest BCUT2D eigenvalue weighted by Gasteiger charge is 2.36. The lowest BCUT2D eigenvalue weighted by molar-refractivity contribution is -0.142. The smallest absolute Gasteiger partial charge is 0.400 e. The molecule has 1 aromatic rings. The van der Waals surface area contributed by atoms with Gasteiger partial charge in [0.15, 0.2) is 0 Å². The molecule has 0 amide bonds. The quantitative estimate of drug-likeness (QED) is 0.556. The summed E-state index contributed by atoms with van der Waals surface area (Å²) in [5.41, 5.74) is -3.39. The number of hydrogen-bond acceptors (Lipinski definition) is 1. The minimum Gasteiger partial charge on any atom is -0.400 e. The number of aliphatic hydroxyl groups excluding tert-OH is 1. The van der Waals surface area contributed by atoms with E-state index in [9.17, 15) is 26.3 Å². The first-order chi connectivity index (χ1) is 7.60. The molecule has 0 aliphatic carbocycles. The van der Waals surface area contributed by atoms with Gasteiger partial charge in [0.1, 0.15) is 7.85 Å².